The van der Waals surface area contributed by atoms with Gasteiger partial charge in [0.15, 0.2) is 0 Å². The summed E-state index contributed by atoms with van der Waals surface area (Å²) in [5.41, 5.74) is 0.189. The van der Waals surface area contributed by atoms with Crippen LogP contribution in [0.5, 0.6) is 5.75 Å². The summed E-state index contributed by atoms with van der Waals surface area (Å²) in [6.45, 7) is 2.38. The first-order valence-electron chi connectivity index (χ1n) is 19.8. The van der Waals surface area contributed by atoms with E-state index in [1.165, 1.54) is 28.4 Å². The van der Waals surface area contributed by atoms with Gasteiger partial charge in [-0.25, -0.2) is 14.2 Å². The van der Waals surface area contributed by atoms with Gasteiger partial charge in [-0.1, -0.05) is 6.07 Å². The molecule has 2 saturated heterocycles. The van der Waals surface area contributed by atoms with Crippen LogP contribution in [0.3, 0.4) is 0 Å². The van der Waals surface area contributed by atoms with Crippen molar-refractivity contribution in [2.45, 2.75) is 75.7 Å². The predicted molar refractivity (Wildman–Crippen MR) is 211 cm³/mol. The van der Waals surface area contributed by atoms with Crippen molar-refractivity contribution in [3.05, 3.63) is 76.4 Å². The molecule has 0 bridgehead atoms. The van der Waals surface area contributed by atoms with Crippen LogP contribution in [0, 0.1) is 11.7 Å². The lowest BCUT2D eigenvalue weighted by Gasteiger charge is -2.40. The van der Waals surface area contributed by atoms with Crippen molar-refractivity contribution in [3.63, 3.8) is 0 Å². The number of amides is 3. The maximum absolute atomic E-state index is 15.4. The third-order valence-corrected chi connectivity index (χ3v) is 12.2. The van der Waals surface area contributed by atoms with Crippen LogP contribution in [0.25, 0.3) is 21.9 Å². The lowest BCUT2D eigenvalue weighted by Crippen LogP contribution is -2.45. The van der Waals surface area contributed by atoms with Gasteiger partial charge in [0, 0.05) is 56.8 Å². The van der Waals surface area contributed by atoms with Gasteiger partial charge in [-0.2, -0.15) is 18.3 Å². The molecule has 1 atom stereocenters. The van der Waals surface area contributed by atoms with Gasteiger partial charge < -0.3 is 19.9 Å². The fourth-order valence-electron chi connectivity index (χ4n) is 9.06. The number of hydrogen-bond donors (Lipinski definition) is 2. The number of nitrogens with zero attached hydrogens (tertiary/aromatic N) is 7. The Hall–Kier alpha value is -5.78. The van der Waals surface area contributed by atoms with E-state index in [-0.39, 0.29) is 30.1 Å². The van der Waals surface area contributed by atoms with Crippen LogP contribution in [-0.4, -0.2) is 86.4 Å². The Labute approximate surface area is 336 Å². The fraction of sp³-hybridized carbons (Fsp3) is 0.463. The summed E-state index contributed by atoms with van der Waals surface area (Å²) >= 11 is 0. The molecule has 59 heavy (non-hydrogen) atoms. The molecule has 3 aromatic heterocycles. The highest BCUT2D eigenvalue weighted by Crippen LogP contribution is 2.37. The summed E-state index contributed by atoms with van der Waals surface area (Å²) in [7, 11) is 5.19. The van der Waals surface area contributed by atoms with Crippen molar-refractivity contribution in [2.75, 3.05) is 44.0 Å². The number of benzene rings is 2. The van der Waals surface area contributed by atoms with E-state index in [2.05, 4.69) is 32.5 Å². The number of alkyl halides is 3. The Kier molecular flexibility index (Phi) is 10.7. The Morgan fingerprint density at radius 1 is 1.00 bits per heavy atom. The van der Waals surface area contributed by atoms with Crippen molar-refractivity contribution in [1.29, 1.82) is 0 Å². The summed E-state index contributed by atoms with van der Waals surface area (Å²) in [5.74, 6) is -1.57. The van der Waals surface area contributed by atoms with E-state index < -0.39 is 47.1 Å². The molecule has 3 fully saturated rings. The molecule has 18 heteroatoms. The molecule has 2 aromatic carbocycles. The molecule has 312 valence electrons. The Balaban J connectivity index is 0.874. The molecule has 1 saturated carbocycles. The number of methoxy groups -OCH3 is 1. The lowest BCUT2D eigenvalue weighted by atomic mass is 9.85. The molecule has 14 nitrogen and oxygen atoms in total. The van der Waals surface area contributed by atoms with Crippen molar-refractivity contribution < 1.29 is 36.7 Å². The number of aromatic nitrogens is 5. The van der Waals surface area contributed by atoms with Gasteiger partial charge in [-0.15, -0.1) is 0 Å². The molecule has 1 unspecified atom stereocenters. The van der Waals surface area contributed by atoms with Gasteiger partial charge >= 0.3 is 11.9 Å². The third-order valence-electron chi connectivity index (χ3n) is 12.2. The molecule has 2 N–H and O–H groups in total. The first-order valence-corrected chi connectivity index (χ1v) is 19.8. The van der Waals surface area contributed by atoms with Gasteiger partial charge in [-0.05, 0) is 88.2 Å². The number of piperidine rings is 2. The fourth-order valence-corrected chi connectivity index (χ4v) is 9.06. The minimum Gasteiger partial charge on any atom is -0.494 e. The molecule has 0 radical (unpaired) electrons. The van der Waals surface area contributed by atoms with Crippen LogP contribution < -0.4 is 26.0 Å². The van der Waals surface area contributed by atoms with Gasteiger partial charge in [-0.3, -0.25) is 33.5 Å². The zero-order valence-corrected chi connectivity index (χ0v) is 32.9. The number of aryl methyl sites for hydroxylation is 1. The minimum absolute atomic E-state index is 0.0738. The number of carbonyl (C=O) groups excluding carboxylic acids is 3. The molecular formula is C41H45F4N9O5. The summed E-state index contributed by atoms with van der Waals surface area (Å²) in [6.07, 6.45) is 3.12. The smallest absolute Gasteiger partial charge is 0.433 e. The van der Waals surface area contributed by atoms with Gasteiger partial charge in [0.2, 0.25) is 11.8 Å². The topological polar surface area (TPSA) is 149 Å². The van der Waals surface area contributed by atoms with Crippen molar-refractivity contribution in [1.82, 2.24) is 34.1 Å². The predicted octanol–water partition coefficient (Wildman–Crippen LogP) is 5.81. The SMILES string of the molecule is COc1cc2nn([C@H]3CC[C@H](CN(C)C4CCN(c5ccc(F)c6c5n(C)c(=O)n6C5CCC(=O)NC5=O)CC4)CC3)cc2cc1NC(=O)c1cccc(C(F)(F)F)n1. The van der Waals surface area contributed by atoms with Crippen LogP contribution in [0.4, 0.5) is 28.9 Å². The number of fused-ring (bicyclic) bond motifs is 2. The second-order valence-electron chi connectivity index (χ2n) is 15.9. The third kappa shape index (κ3) is 7.77. The molecule has 3 amide bonds. The van der Waals surface area contributed by atoms with Gasteiger partial charge in [0.1, 0.15) is 34.5 Å². The highest BCUT2D eigenvalue weighted by atomic mass is 19.4. The number of imide groups is 1. The number of anilines is 2. The molecule has 5 heterocycles. The number of ether oxygens (including phenoxy) is 1. The lowest BCUT2D eigenvalue weighted by molar-refractivity contribution is -0.141. The highest BCUT2D eigenvalue weighted by Gasteiger charge is 2.35. The molecule has 1 aliphatic carbocycles. The van der Waals surface area contributed by atoms with Crippen LogP contribution >= 0.6 is 0 Å². The number of nitrogens with one attached hydrogen (secondary N) is 2. The van der Waals surface area contributed by atoms with Gasteiger partial charge in [0.25, 0.3) is 5.91 Å². The quantitative estimate of drug-likeness (QED) is 0.139. The minimum atomic E-state index is -4.68. The van der Waals surface area contributed by atoms with E-state index in [0.29, 0.717) is 47.5 Å². The van der Waals surface area contributed by atoms with Gasteiger partial charge in [0.05, 0.1) is 35.6 Å². The first-order chi connectivity index (χ1) is 28.2. The molecule has 5 aromatic rings. The Morgan fingerprint density at radius 2 is 1.75 bits per heavy atom. The van der Waals surface area contributed by atoms with Crippen molar-refractivity contribution in [3.8, 4) is 5.75 Å². The number of halogens is 4. The summed E-state index contributed by atoms with van der Waals surface area (Å²) in [4.78, 5) is 58.9. The maximum Gasteiger partial charge on any atom is 0.433 e. The number of carbonyl (C=O) groups is 3. The van der Waals surface area contributed by atoms with E-state index in [9.17, 15) is 32.3 Å². The summed E-state index contributed by atoms with van der Waals surface area (Å²) < 4.78 is 65.0. The van der Waals surface area contributed by atoms with Crippen molar-refractivity contribution in [2.24, 2.45) is 13.0 Å². The standard InChI is InChI=1S/C41H45F4N9O5/c1-50(25-15-17-52(18-16-25)31-12-11-27(42)36-37(31)51(2)40(58)54(36)32-13-14-35(55)48-39(32)57)21-23-7-9-26(10-8-23)53-22-24-19-30(33(59-3)20-29(24)49-53)47-38(56)28-5-4-6-34(46-28)41(43,44)45/h4-6,11-12,19-20,22-23,25-26,32H,7-10,13-18,21H2,1-3H3,(H,47,56)(H,48,55,57)/t23-,26-,32?. The average molecular weight is 820 g/mol. The second-order valence-corrected chi connectivity index (χ2v) is 15.9. The number of rotatable bonds is 9. The van der Waals surface area contributed by atoms with Crippen LogP contribution in [-0.2, 0) is 22.8 Å². The maximum atomic E-state index is 15.4. The van der Waals surface area contributed by atoms with E-state index in [1.807, 2.05) is 10.9 Å². The zero-order valence-electron chi connectivity index (χ0n) is 32.9. The van der Waals surface area contributed by atoms with E-state index in [4.69, 9.17) is 9.84 Å². The number of hydrogen-bond acceptors (Lipinski definition) is 9. The van der Waals surface area contributed by atoms with Crippen LogP contribution in [0.1, 0.15) is 79.6 Å². The number of imidazole rings is 1. The molecule has 0 spiro atoms. The molecule has 3 aliphatic rings. The summed E-state index contributed by atoms with van der Waals surface area (Å²) in [6, 6.07) is 9.18. The first kappa shape index (κ1) is 40.0. The normalized spacial score (nSPS) is 20.7. The van der Waals surface area contributed by atoms with Crippen LogP contribution in [0.15, 0.2) is 53.5 Å². The second kappa shape index (κ2) is 15.8. The highest BCUT2D eigenvalue weighted by molar-refractivity contribution is 6.05. The average Bonchev–Trinajstić information content (AvgIpc) is 3.75. The zero-order chi connectivity index (χ0) is 41.7. The van der Waals surface area contributed by atoms with Crippen molar-refractivity contribution >= 4 is 51.0 Å². The largest absolute Gasteiger partial charge is 0.494 e. The Morgan fingerprint density at radius 3 is 2.44 bits per heavy atom. The summed E-state index contributed by atoms with van der Waals surface area (Å²) in [5, 5.41) is 10.5. The monoisotopic (exact) mass is 819 g/mol. The molecule has 8 rings (SSSR count). The molecule has 2 aliphatic heterocycles. The molecular weight excluding hydrogens is 775 g/mol. The Bertz CT molecular complexity index is 2500. The van der Waals surface area contributed by atoms with E-state index in [0.717, 1.165) is 68.3 Å². The van der Waals surface area contributed by atoms with E-state index in [1.54, 1.807) is 25.2 Å². The van der Waals surface area contributed by atoms with E-state index >= 15 is 4.39 Å². The van der Waals surface area contributed by atoms with Crippen LogP contribution in [0.2, 0.25) is 0 Å². The number of pyridine rings is 1.